The number of ether oxygens (including phenoxy) is 3. The van der Waals surface area contributed by atoms with Crippen molar-refractivity contribution < 1.29 is 28.6 Å². The summed E-state index contributed by atoms with van der Waals surface area (Å²) in [6.07, 6.45) is 1.56. The molecule has 0 spiro atoms. The molecule has 5 rings (SSSR count). The van der Waals surface area contributed by atoms with Gasteiger partial charge in [-0.05, 0) is 63.1 Å². The van der Waals surface area contributed by atoms with Crippen molar-refractivity contribution >= 4 is 17.7 Å². The van der Waals surface area contributed by atoms with E-state index >= 15 is 0 Å². The van der Waals surface area contributed by atoms with Gasteiger partial charge in [-0.15, -0.1) is 0 Å². The van der Waals surface area contributed by atoms with Crippen LogP contribution in [-0.4, -0.2) is 76.5 Å². The van der Waals surface area contributed by atoms with Crippen molar-refractivity contribution in [1.29, 1.82) is 0 Å². The van der Waals surface area contributed by atoms with Gasteiger partial charge in [0.2, 0.25) is 11.8 Å². The van der Waals surface area contributed by atoms with Crippen LogP contribution in [-0.2, 0) is 27.5 Å². The average molecular weight is 603 g/mol. The minimum absolute atomic E-state index is 0.0989. The summed E-state index contributed by atoms with van der Waals surface area (Å²) in [5.41, 5.74) is 0.938. The van der Waals surface area contributed by atoms with Crippen LogP contribution in [0.25, 0.3) is 0 Å². The van der Waals surface area contributed by atoms with E-state index in [1.807, 2.05) is 38.1 Å². The van der Waals surface area contributed by atoms with E-state index in [-0.39, 0.29) is 61.7 Å². The first-order valence-corrected chi connectivity index (χ1v) is 14.9. The molecule has 11 nitrogen and oxygen atoms in total. The molecule has 44 heavy (non-hydrogen) atoms. The first-order chi connectivity index (χ1) is 21.2. The van der Waals surface area contributed by atoms with Gasteiger partial charge >= 0.3 is 0 Å². The van der Waals surface area contributed by atoms with Crippen LogP contribution in [0.4, 0.5) is 0 Å². The van der Waals surface area contributed by atoms with E-state index in [0.29, 0.717) is 42.3 Å². The number of amides is 3. The maximum absolute atomic E-state index is 13.6. The van der Waals surface area contributed by atoms with E-state index in [1.165, 1.54) is 15.5 Å². The van der Waals surface area contributed by atoms with Crippen LogP contribution < -0.4 is 20.3 Å². The van der Waals surface area contributed by atoms with Crippen LogP contribution in [0.5, 0.6) is 17.2 Å². The summed E-state index contributed by atoms with van der Waals surface area (Å²) in [5.74, 6) is 0.554. The molecular formula is C33H38N4O7. The zero-order valence-corrected chi connectivity index (χ0v) is 25.2. The zero-order valence-electron chi connectivity index (χ0n) is 25.2. The number of nitrogens with one attached hydrogen (secondary N) is 1. The lowest BCUT2D eigenvalue weighted by Gasteiger charge is -2.39. The third-order valence-electron chi connectivity index (χ3n) is 7.55. The number of nitrogens with zero attached hydrogens (tertiary/aromatic N) is 3. The molecule has 1 fully saturated rings. The largest absolute Gasteiger partial charge is 0.491 e. The fourth-order valence-corrected chi connectivity index (χ4v) is 5.40. The number of rotatable bonds is 5. The summed E-state index contributed by atoms with van der Waals surface area (Å²) in [5, 5.41) is 3.03. The van der Waals surface area contributed by atoms with E-state index in [9.17, 15) is 19.2 Å². The number of hydrogen-bond acceptors (Lipinski definition) is 7. The highest BCUT2D eigenvalue weighted by Crippen LogP contribution is 2.30. The summed E-state index contributed by atoms with van der Waals surface area (Å²) in [6, 6.07) is 16.7. The number of pyridine rings is 1. The number of aromatic nitrogens is 1. The fourth-order valence-electron chi connectivity index (χ4n) is 5.40. The van der Waals surface area contributed by atoms with Crippen LogP contribution in [0.2, 0.25) is 0 Å². The predicted molar refractivity (Wildman–Crippen MR) is 163 cm³/mol. The van der Waals surface area contributed by atoms with Crippen molar-refractivity contribution in [1.82, 2.24) is 19.7 Å². The van der Waals surface area contributed by atoms with Crippen LogP contribution in [0, 0.1) is 0 Å². The molecule has 2 aliphatic rings. The Bertz CT molecular complexity index is 1570. The molecule has 0 unspecified atom stereocenters. The third kappa shape index (κ3) is 7.65. The SMILES string of the molecule is CCN1CC(=O)N[C@H]2CN(C(=O)Cn3ccccc3=O)CC[C@@H]2OCc2cccc(c2)Oc2cc(OC(C)C)cc(c2)C1=O. The number of likely N-dealkylation sites (tertiary alicyclic amines) is 1. The Morgan fingerprint density at radius 3 is 2.66 bits per heavy atom. The molecule has 3 heterocycles. The minimum atomic E-state index is -0.525. The van der Waals surface area contributed by atoms with Gasteiger partial charge in [0.15, 0.2) is 0 Å². The van der Waals surface area contributed by atoms with Gasteiger partial charge in [0.25, 0.3) is 11.5 Å². The van der Waals surface area contributed by atoms with E-state index < -0.39 is 6.04 Å². The molecule has 11 heteroatoms. The molecule has 4 bridgehead atoms. The number of likely N-dealkylation sites (N-methyl/N-ethyl adjacent to an activating group) is 1. The first-order valence-electron chi connectivity index (χ1n) is 14.9. The fraction of sp³-hybridized carbons (Fsp3) is 0.394. The highest BCUT2D eigenvalue weighted by molar-refractivity contribution is 5.97. The van der Waals surface area contributed by atoms with Crippen LogP contribution in [0.1, 0.15) is 43.1 Å². The molecule has 1 saturated heterocycles. The van der Waals surface area contributed by atoms with E-state index in [4.69, 9.17) is 14.2 Å². The molecule has 232 valence electrons. The lowest BCUT2D eigenvalue weighted by Crippen LogP contribution is -2.58. The van der Waals surface area contributed by atoms with Gasteiger partial charge in [-0.3, -0.25) is 19.2 Å². The molecular weight excluding hydrogens is 564 g/mol. The number of fused-ring (bicyclic) bond motifs is 5. The normalized spacial score (nSPS) is 19.2. The van der Waals surface area contributed by atoms with Crippen molar-refractivity contribution in [2.75, 3.05) is 26.2 Å². The number of piperidine rings is 1. The summed E-state index contributed by atoms with van der Waals surface area (Å²) >= 11 is 0. The van der Waals surface area contributed by atoms with Crippen LogP contribution in [0.3, 0.4) is 0 Å². The Morgan fingerprint density at radius 1 is 1.05 bits per heavy atom. The van der Waals surface area contributed by atoms with E-state index in [0.717, 1.165) is 5.56 Å². The second-order valence-corrected chi connectivity index (χ2v) is 11.2. The van der Waals surface area contributed by atoms with Gasteiger partial charge in [0.1, 0.15) is 23.8 Å². The second kappa shape index (κ2) is 13.8. The molecule has 0 radical (unpaired) electrons. The third-order valence-corrected chi connectivity index (χ3v) is 7.55. The number of benzene rings is 2. The quantitative estimate of drug-likeness (QED) is 0.476. The van der Waals surface area contributed by atoms with Gasteiger partial charge in [-0.1, -0.05) is 18.2 Å². The van der Waals surface area contributed by atoms with Crippen LogP contribution in [0.15, 0.2) is 71.7 Å². The van der Waals surface area contributed by atoms with Crippen molar-refractivity contribution in [2.45, 2.75) is 58.6 Å². The topological polar surface area (TPSA) is 119 Å². The summed E-state index contributed by atoms with van der Waals surface area (Å²) in [6.45, 7) is 6.49. The Balaban J connectivity index is 1.42. The Morgan fingerprint density at radius 2 is 1.89 bits per heavy atom. The lowest BCUT2D eigenvalue weighted by atomic mass is 10.0. The summed E-state index contributed by atoms with van der Waals surface area (Å²) in [4.78, 5) is 55.5. The molecule has 0 aliphatic carbocycles. The number of carbonyl (C=O) groups excluding carboxylic acids is 3. The molecule has 1 N–H and O–H groups in total. The smallest absolute Gasteiger partial charge is 0.254 e. The van der Waals surface area contributed by atoms with Gasteiger partial charge in [-0.2, -0.15) is 0 Å². The van der Waals surface area contributed by atoms with E-state index in [1.54, 1.807) is 48.4 Å². The maximum atomic E-state index is 13.6. The number of carbonyl (C=O) groups is 3. The average Bonchev–Trinajstić information content (AvgIpc) is 2.99. The summed E-state index contributed by atoms with van der Waals surface area (Å²) < 4.78 is 19.7. The first kappa shape index (κ1) is 30.8. The monoisotopic (exact) mass is 602 g/mol. The predicted octanol–water partition coefficient (Wildman–Crippen LogP) is 3.21. The molecule has 2 aromatic carbocycles. The van der Waals surface area contributed by atoms with Crippen molar-refractivity contribution in [2.24, 2.45) is 0 Å². The second-order valence-electron chi connectivity index (χ2n) is 11.2. The van der Waals surface area contributed by atoms with Gasteiger partial charge in [-0.25, -0.2) is 0 Å². The molecule has 2 aliphatic heterocycles. The Labute approximate surface area is 256 Å². The summed E-state index contributed by atoms with van der Waals surface area (Å²) in [7, 11) is 0. The van der Waals surface area contributed by atoms with Crippen molar-refractivity contribution in [3.63, 3.8) is 0 Å². The Kier molecular flexibility index (Phi) is 9.64. The molecule has 2 atom stereocenters. The van der Waals surface area contributed by atoms with Gasteiger partial charge in [0, 0.05) is 43.5 Å². The van der Waals surface area contributed by atoms with E-state index in [2.05, 4.69) is 5.32 Å². The van der Waals surface area contributed by atoms with Gasteiger partial charge in [0.05, 0.1) is 31.4 Å². The van der Waals surface area contributed by atoms with Crippen LogP contribution >= 0.6 is 0 Å². The lowest BCUT2D eigenvalue weighted by molar-refractivity contribution is -0.138. The standard InChI is InChI=1S/C33H38N4O7/c1-4-35-19-30(38)34-28-18-37(32(40)20-36-12-6-5-10-31(36)39)13-11-29(28)42-21-23-8-7-9-25(14-23)44-27-16-24(33(35)41)15-26(17-27)43-22(2)3/h5-10,12,14-17,22,28-29H,4,11,13,18-21H2,1-3H3,(H,34,38)/t28-,29-/m0/s1. The highest BCUT2D eigenvalue weighted by Gasteiger charge is 2.34. The van der Waals surface area contributed by atoms with Crippen molar-refractivity contribution in [3.05, 3.63) is 88.3 Å². The van der Waals surface area contributed by atoms with Crippen molar-refractivity contribution in [3.8, 4) is 17.2 Å². The minimum Gasteiger partial charge on any atom is -0.491 e. The highest BCUT2D eigenvalue weighted by atomic mass is 16.5. The number of hydrogen-bond donors (Lipinski definition) is 1. The Hall–Kier alpha value is -4.64. The molecule has 1 aromatic heterocycles. The molecule has 0 saturated carbocycles. The zero-order chi connectivity index (χ0) is 31.2. The molecule has 3 amide bonds. The maximum Gasteiger partial charge on any atom is 0.254 e. The molecule has 3 aromatic rings. The van der Waals surface area contributed by atoms with Gasteiger partial charge < -0.3 is 33.9 Å².